The number of carbonyl (C=O) groups excluding carboxylic acids is 1. The summed E-state index contributed by atoms with van der Waals surface area (Å²) in [6.45, 7) is 0. The fourth-order valence-electron chi connectivity index (χ4n) is 1.85. The lowest BCUT2D eigenvalue weighted by Gasteiger charge is -2.12. The van der Waals surface area contributed by atoms with Crippen molar-refractivity contribution in [2.45, 2.75) is 10.6 Å². The van der Waals surface area contributed by atoms with E-state index in [1.165, 1.54) is 7.05 Å². The number of thioether (sulfide) groups is 1. The molecule has 0 saturated carbocycles. The molecule has 136 valence electrons. The van der Waals surface area contributed by atoms with Gasteiger partial charge in [-0.25, -0.2) is 5.84 Å². The van der Waals surface area contributed by atoms with Gasteiger partial charge in [0, 0.05) is 40.6 Å². The lowest BCUT2D eigenvalue weighted by atomic mass is 10.2. The summed E-state index contributed by atoms with van der Waals surface area (Å²) < 4.78 is 6.42. The minimum atomic E-state index is 0.528. The Morgan fingerprint density at radius 1 is 1.40 bits per heavy atom. The van der Waals surface area contributed by atoms with Crippen LogP contribution in [0.1, 0.15) is 5.56 Å². The molecule has 8 heteroatoms. The fraction of sp³-hybridized carbons (Fsp3) is 0.235. The van der Waals surface area contributed by atoms with Gasteiger partial charge in [-0.3, -0.25) is 9.80 Å². The topological polar surface area (TPSA) is 67.6 Å². The van der Waals surface area contributed by atoms with E-state index >= 15 is 0 Å². The van der Waals surface area contributed by atoms with E-state index in [0.717, 1.165) is 42.2 Å². The van der Waals surface area contributed by atoms with Crippen molar-refractivity contribution in [1.82, 2.24) is 5.01 Å². The Labute approximate surface area is 166 Å². The van der Waals surface area contributed by atoms with Crippen LogP contribution < -0.4 is 15.9 Å². The molecule has 1 amide bonds. The van der Waals surface area contributed by atoms with Gasteiger partial charge in [0.05, 0.1) is 12.0 Å². The monoisotopic (exact) mass is 445 g/mol. The van der Waals surface area contributed by atoms with E-state index in [9.17, 15) is 4.79 Å². The van der Waals surface area contributed by atoms with E-state index in [0.29, 0.717) is 6.41 Å². The molecule has 0 aromatic heterocycles. The first-order valence-corrected chi connectivity index (χ1v) is 9.42. The van der Waals surface area contributed by atoms with E-state index < -0.39 is 0 Å². The third-order valence-electron chi connectivity index (χ3n) is 3.05. The van der Waals surface area contributed by atoms with Crippen molar-refractivity contribution < 1.29 is 9.53 Å². The zero-order chi connectivity index (χ0) is 18.8. The second kappa shape index (κ2) is 11.3. The van der Waals surface area contributed by atoms with Gasteiger partial charge in [-0.1, -0.05) is 33.6 Å². The molecule has 0 spiro atoms. The van der Waals surface area contributed by atoms with E-state index in [1.807, 2.05) is 37.4 Å². The van der Waals surface area contributed by atoms with Gasteiger partial charge >= 0.3 is 0 Å². The van der Waals surface area contributed by atoms with Crippen molar-refractivity contribution in [3.05, 3.63) is 51.5 Å². The normalized spacial score (nSPS) is 9.68. The van der Waals surface area contributed by atoms with Gasteiger partial charge < -0.3 is 10.1 Å². The van der Waals surface area contributed by atoms with Crippen molar-refractivity contribution in [1.29, 1.82) is 0 Å². The Kier molecular flexibility index (Phi) is 9.74. The first-order valence-electron chi connectivity index (χ1n) is 7.27. The maximum absolute atomic E-state index is 9.31. The number of benzene rings is 2. The Hall–Kier alpha value is -1.41. The second-order valence-corrected chi connectivity index (χ2v) is 7.21. The molecule has 3 N–H and O–H groups in total. The summed E-state index contributed by atoms with van der Waals surface area (Å²) >= 11 is 11.5. The Morgan fingerprint density at radius 2 is 2.08 bits per heavy atom. The number of nitrogens with two attached hydrogens (primary N) is 1. The highest BCUT2D eigenvalue weighted by molar-refractivity contribution is 9.10. The zero-order valence-corrected chi connectivity index (χ0v) is 17.4. The molecule has 25 heavy (non-hydrogen) atoms. The molecule has 0 aliphatic heterocycles. The molecule has 0 unspecified atom stereocenters. The second-order valence-electron chi connectivity index (χ2n) is 4.87. The number of rotatable bonds is 6. The average Bonchev–Trinajstić information content (AvgIpc) is 2.61. The smallest absolute Gasteiger partial charge is 0.223 e. The Bertz CT molecular complexity index is 702. The molecular weight excluding hydrogens is 426 g/mol. The van der Waals surface area contributed by atoms with Crippen LogP contribution in [-0.4, -0.2) is 32.6 Å². The quantitative estimate of drug-likeness (QED) is 0.226. The average molecular weight is 447 g/mol. The highest BCUT2D eigenvalue weighted by Crippen LogP contribution is 2.37. The van der Waals surface area contributed by atoms with E-state index in [4.69, 9.17) is 22.2 Å². The molecule has 0 bridgehead atoms. The highest BCUT2D eigenvalue weighted by atomic mass is 79.9. The molecule has 0 radical (unpaired) electrons. The molecular formula is C17H21BrClN3O2S. The first-order chi connectivity index (χ1) is 11.9. The van der Waals surface area contributed by atoms with Crippen LogP contribution in [0.5, 0.6) is 5.75 Å². The summed E-state index contributed by atoms with van der Waals surface area (Å²) in [4.78, 5) is 10.4. The molecule has 2 aromatic carbocycles. The van der Waals surface area contributed by atoms with Crippen LogP contribution in [0.2, 0.25) is 5.02 Å². The molecule has 5 nitrogen and oxygen atoms in total. The zero-order valence-electron chi connectivity index (χ0n) is 14.3. The predicted octanol–water partition coefficient (Wildman–Crippen LogP) is 4.39. The standard InChI is InChI=1S/C15H15BrClNOS.C2H6N2O/c1-18-13-5-3-4-12(17)11(13)9-20-15-8-10(16)6-7-14(15)19-2;1-4(3)2-5/h3-8,18H,9H2,1-2H3;2H,3H2,1H3. The van der Waals surface area contributed by atoms with Crippen LogP contribution in [0.25, 0.3) is 0 Å². The Balaban J connectivity index is 0.000000550. The van der Waals surface area contributed by atoms with Gasteiger partial charge in [0.25, 0.3) is 0 Å². The first kappa shape index (κ1) is 21.6. The van der Waals surface area contributed by atoms with E-state index in [1.54, 1.807) is 18.9 Å². The van der Waals surface area contributed by atoms with Gasteiger partial charge in [0.1, 0.15) is 5.75 Å². The number of nitrogens with one attached hydrogen (secondary N) is 1. The predicted molar refractivity (Wildman–Crippen MR) is 109 cm³/mol. The number of amides is 1. The van der Waals surface area contributed by atoms with Crippen molar-refractivity contribution in [3.8, 4) is 5.75 Å². The molecule has 0 saturated heterocycles. The van der Waals surface area contributed by atoms with Gasteiger partial charge in [-0.05, 0) is 30.3 Å². The molecule has 0 aliphatic carbocycles. The number of methoxy groups -OCH3 is 1. The molecule has 2 rings (SSSR count). The summed E-state index contributed by atoms with van der Waals surface area (Å²) in [6, 6.07) is 11.9. The van der Waals surface area contributed by atoms with Crippen molar-refractivity contribution in [2.75, 3.05) is 26.5 Å². The van der Waals surface area contributed by atoms with Crippen LogP contribution >= 0.6 is 39.3 Å². The fourth-order valence-corrected chi connectivity index (χ4v) is 3.80. The van der Waals surface area contributed by atoms with Gasteiger partial charge in [-0.2, -0.15) is 0 Å². The Morgan fingerprint density at radius 3 is 2.64 bits per heavy atom. The summed E-state index contributed by atoms with van der Waals surface area (Å²) in [7, 11) is 5.05. The number of halogens is 2. The van der Waals surface area contributed by atoms with Crippen LogP contribution in [0, 0.1) is 0 Å². The third-order valence-corrected chi connectivity index (χ3v) is 4.96. The highest BCUT2D eigenvalue weighted by Gasteiger charge is 2.09. The summed E-state index contributed by atoms with van der Waals surface area (Å²) in [5.41, 5.74) is 2.16. The largest absolute Gasteiger partial charge is 0.496 e. The van der Waals surface area contributed by atoms with Crippen LogP contribution in [0.15, 0.2) is 45.8 Å². The van der Waals surface area contributed by atoms with Crippen molar-refractivity contribution >= 4 is 51.4 Å². The van der Waals surface area contributed by atoms with Crippen LogP contribution in [0.4, 0.5) is 5.69 Å². The van der Waals surface area contributed by atoms with Gasteiger partial charge in [0.15, 0.2) is 0 Å². The van der Waals surface area contributed by atoms with Crippen LogP contribution in [-0.2, 0) is 10.5 Å². The maximum Gasteiger partial charge on any atom is 0.223 e. The molecule has 0 fully saturated rings. The minimum Gasteiger partial charge on any atom is -0.496 e. The minimum absolute atomic E-state index is 0.528. The number of hydrogen-bond acceptors (Lipinski definition) is 5. The summed E-state index contributed by atoms with van der Waals surface area (Å²) in [5, 5.41) is 4.90. The number of anilines is 1. The van der Waals surface area contributed by atoms with Gasteiger partial charge in [-0.15, -0.1) is 11.8 Å². The number of ether oxygens (including phenoxy) is 1. The molecule has 2 aromatic rings. The number of nitrogens with zero attached hydrogens (tertiary/aromatic N) is 1. The van der Waals surface area contributed by atoms with Crippen molar-refractivity contribution in [3.63, 3.8) is 0 Å². The third kappa shape index (κ3) is 7.15. The summed E-state index contributed by atoms with van der Waals surface area (Å²) in [5.74, 6) is 6.41. The van der Waals surface area contributed by atoms with Gasteiger partial charge in [0.2, 0.25) is 6.41 Å². The molecule has 0 heterocycles. The number of hydrazine groups is 1. The van der Waals surface area contributed by atoms with Crippen molar-refractivity contribution in [2.24, 2.45) is 5.84 Å². The number of hydrogen-bond donors (Lipinski definition) is 2. The SMILES string of the molecule is CN(N)C=O.CNc1cccc(Cl)c1CSc1cc(Br)ccc1OC. The maximum atomic E-state index is 9.31. The lowest BCUT2D eigenvalue weighted by molar-refractivity contribution is -0.117. The number of carbonyl (C=O) groups is 1. The summed E-state index contributed by atoms with van der Waals surface area (Å²) in [6.07, 6.45) is 0.528. The molecule has 0 atom stereocenters. The lowest BCUT2D eigenvalue weighted by Crippen LogP contribution is -2.23. The van der Waals surface area contributed by atoms with Crippen LogP contribution in [0.3, 0.4) is 0 Å². The molecule has 0 aliphatic rings. The van der Waals surface area contributed by atoms with E-state index in [2.05, 4.69) is 27.3 Å². The van der Waals surface area contributed by atoms with E-state index in [-0.39, 0.29) is 0 Å².